The highest BCUT2D eigenvalue weighted by atomic mass is 16.4. The number of rotatable bonds is 6. The van der Waals surface area contributed by atoms with Gasteiger partial charge in [-0.1, -0.05) is 23.4 Å². The molecule has 6 heteroatoms. The van der Waals surface area contributed by atoms with E-state index in [1.807, 2.05) is 49.3 Å². The Kier molecular flexibility index (Phi) is 4.34. The van der Waals surface area contributed by atoms with Gasteiger partial charge in [0.05, 0.1) is 13.0 Å². The second-order valence-corrected chi connectivity index (χ2v) is 4.74. The summed E-state index contributed by atoms with van der Waals surface area (Å²) in [7, 11) is 1.81. The van der Waals surface area contributed by atoms with Crippen molar-refractivity contribution in [3.8, 4) is 0 Å². The zero-order valence-electron chi connectivity index (χ0n) is 11.7. The molecule has 0 aliphatic heterocycles. The van der Waals surface area contributed by atoms with Crippen molar-refractivity contribution in [3.63, 3.8) is 0 Å². The Bertz CT molecular complexity index is 594. The average Bonchev–Trinajstić information content (AvgIpc) is 2.81. The van der Waals surface area contributed by atoms with Crippen LogP contribution >= 0.6 is 0 Å². The number of carboxylic acids is 1. The third-order valence-corrected chi connectivity index (χ3v) is 3.05. The highest BCUT2D eigenvalue weighted by molar-refractivity contribution is 5.68. The number of anilines is 1. The van der Waals surface area contributed by atoms with Crippen LogP contribution in [0.2, 0.25) is 0 Å². The Morgan fingerprint density at radius 1 is 1.40 bits per heavy atom. The van der Waals surface area contributed by atoms with Crippen molar-refractivity contribution in [1.82, 2.24) is 15.0 Å². The second kappa shape index (κ2) is 6.18. The van der Waals surface area contributed by atoms with E-state index in [9.17, 15) is 4.79 Å². The monoisotopic (exact) mass is 274 g/mol. The first-order valence-electron chi connectivity index (χ1n) is 6.44. The number of carbonyl (C=O) groups is 1. The number of para-hydroxylation sites is 1. The lowest BCUT2D eigenvalue weighted by Gasteiger charge is -2.24. The van der Waals surface area contributed by atoms with Gasteiger partial charge in [-0.3, -0.25) is 9.48 Å². The van der Waals surface area contributed by atoms with E-state index in [-0.39, 0.29) is 6.42 Å². The van der Waals surface area contributed by atoms with Crippen LogP contribution in [0.3, 0.4) is 0 Å². The van der Waals surface area contributed by atoms with E-state index in [0.29, 0.717) is 13.1 Å². The van der Waals surface area contributed by atoms with E-state index in [4.69, 9.17) is 5.11 Å². The van der Waals surface area contributed by atoms with Gasteiger partial charge < -0.3 is 10.0 Å². The second-order valence-electron chi connectivity index (χ2n) is 4.74. The fraction of sp³-hybridized carbons (Fsp3) is 0.357. The number of nitrogens with zero attached hydrogens (tertiary/aromatic N) is 4. The minimum atomic E-state index is -0.803. The summed E-state index contributed by atoms with van der Waals surface area (Å²) in [6.07, 6.45) is 1.93. The molecule has 1 aromatic heterocycles. The first-order valence-corrected chi connectivity index (χ1v) is 6.44. The molecule has 0 bridgehead atoms. The maximum atomic E-state index is 10.8. The van der Waals surface area contributed by atoms with E-state index in [0.717, 1.165) is 16.9 Å². The Labute approximate surface area is 117 Å². The van der Waals surface area contributed by atoms with E-state index in [2.05, 4.69) is 10.3 Å². The standard InChI is InChI=1S/C14H18N4O2/c1-11-5-3-4-6-13(11)18(8-7-14(19)20)10-12-9-17(2)16-15-12/h3-6,9H,7-8,10H2,1-2H3,(H,19,20). The van der Waals surface area contributed by atoms with Crippen molar-refractivity contribution >= 4 is 11.7 Å². The van der Waals surface area contributed by atoms with E-state index < -0.39 is 5.97 Å². The van der Waals surface area contributed by atoms with Crippen LogP contribution in [0.1, 0.15) is 17.7 Å². The van der Waals surface area contributed by atoms with Crippen molar-refractivity contribution in [2.75, 3.05) is 11.4 Å². The number of hydrogen-bond acceptors (Lipinski definition) is 4. The van der Waals surface area contributed by atoms with Gasteiger partial charge in [0.25, 0.3) is 0 Å². The molecule has 1 aromatic carbocycles. The van der Waals surface area contributed by atoms with Gasteiger partial charge in [0, 0.05) is 25.5 Å². The molecule has 0 aliphatic carbocycles. The van der Waals surface area contributed by atoms with Gasteiger partial charge in [-0.25, -0.2) is 0 Å². The number of carboxylic acid groups (broad SMARTS) is 1. The van der Waals surface area contributed by atoms with E-state index >= 15 is 0 Å². The summed E-state index contributed by atoms with van der Waals surface area (Å²) in [5, 5.41) is 16.9. The van der Waals surface area contributed by atoms with Crippen molar-refractivity contribution in [3.05, 3.63) is 41.7 Å². The van der Waals surface area contributed by atoms with Crippen LogP contribution in [0.25, 0.3) is 0 Å². The smallest absolute Gasteiger partial charge is 0.305 e. The molecule has 1 heterocycles. The molecular formula is C14H18N4O2. The topological polar surface area (TPSA) is 71.2 Å². The Balaban J connectivity index is 2.20. The summed E-state index contributed by atoms with van der Waals surface area (Å²) in [5.41, 5.74) is 2.96. The number of aryl methyl sites for hydroxylation is 2. The van der Waals surface area contributed by atoms with E-state index in [1.165, 1.54) is 0 Å². The summed E-state index contributed by atoms with van der Waals surface area (Å²) >= 11 is 0. The predicted molar refractivity (Wildman–Crippen MR) is 75.5 cm³/mol. The summed E-state index contributed by atoms with van der Waals surface area (Å²) in [4.78, 5) is 12.8. The predicted octanol–water partition coefficient (Wildman–Crippen LogP) is 1.60. The third kappa shape index (κ3) is 3.57. The number of hydrogen-bond donors (Lipinski definition) is 1. The third-order valence-electron chi connectivity index (χ3n) is 3.05. The molecule has 106 valence electrons. The molecule has 0 spiro atoms. The number of aromatic nitrogens is 3. The molecule has 0 saturated carbocycles. The fourth-order valence-corrected chi connectivity index (χ4v) is 2.10. The van der Waals surface area contributed by atoms with Crippen molar-refractivity contribution in [2.24, 2.45) is 7.05 Å². The zero-order chi connectivity index (χ0) is 14.5. The van der Waals surface area contributed by atoms with Gasteiger partial charge in [-0.05, 0) is 18.6 Å². The normalized spacial score (nSPS) is 10.5. The molecule has 0 saturated heterocycles. The molecule has 20 heavy (non-hydrogen) atoms. The fourth-order valence-electron chi connectivity index (χ4n) is 2.10. The van der Waals surface area contributed by atoms with Crippen molar-refractivity contribution in [1.29, 1.82) is 0 Å². The van der Waals surface area contributed by atoms with Crippen LogP contribution < -0.4 is 4.90 Å². The molecule has 0 radical (unpaired) electrons. The zero-order valence-corrected chi connectivity index (χ0v) is 11.7. The largest absolute Gasteiger partial charge is 0.481 e. The molecular weight excluding hydrogens is 256 g/mol. The first kappa shape index (κ1) is 14.0. The maximum Gasteiger partial charge on any atom is 0.305 e. The lowest BCUT2D eigenvalue weighted by atomic mass is 10.1. The summed E-state index contributed by atoms with van der Waals surface area (Å²) in [6, 6.07) is 7.93. The minimum absolute atomic E-state index is 0.0919. The summed E-state index contributed by atoms with van der Waals surface area (Å²) in [5.74, 6) is -0.803. The van der Waals surface area contributed by atoms with Crippen LogP contribution in [0.15, 0.2) is 30.5 Å². The molecule has 1 N–H and O–H groups in total. The van der Waals surface area contributed by atoms with Crippen LogP contribution in [0, 0.1) is 6.92 Å². The molecule has 2 rings (SSSR count). The van der Waals surface area contributed by atoms with E-state index in [1.54, 1.807) is 4.68 Å². The van der Waals surface area contributed by atoms with Crippen LogP contribution in [0.5, 0.6) is 0 Å². The molecule has 2 aromatic rings. The molecule has 0 atom stereocenters. The number of benzene rings is 1. The molecule has 0 amide bonds. The Morgan fingerprint density at radius 2 is 2.15 bits per heavy atom. The van der Waals surface area contributed by atoms with Gasteiger partial charge in [0.2, 0.25) is 0 Å². The Morgan fingerprint density at radius 3 is 2.75 bits per heavy atom. The lowest BCUT2D eigenvalue weighted by molar-refractivity contribution is -0.136. The molecule has 0 aliphatic rings. The first-order chi connectivity index (χ1) is 9.56. The SMILES string of the molecule is Cc1ccccc1N(CCC(=O)O)Cc1cn(C)nn1. The highest BCUT2D eigenvalue weighted by Crippen LogP contribution is 2.21. The number of aliphatic carboxylic acids is 1. The lowest BCUT2D eigenvalue weighted by Crippen LogP contribution is -2.26. The molecule has 0 unspecified atom stereocenters. The quantitative estimate of drug-likeness (QED) is 0.866. The van der Waals surface area contributed by atoms with Gasteiger partial charge in [0.15, 0.2) is 0 Å². The highest BCUT2D eigenvalue weighted by Gasteiger charge is 2.13. The van der Waals surface area contributed by atoms with Crippen molar-refractivity contribution in [2.45, 2.75) is 19.9 Å². The van der Waals surface area contributed by atoms with Gasteiger partial charge in [0.1, 0.15) is 5.69 Å². The maximum absolute atomic E-state index is 10.8. The van der Waals surface area contributed by atoms with Gasteiger partial charge >= 0.3 is 5.97 Å². The summed E-state index contributed by atoms with van der Waals surface area (Å²) in [6.45, 7) is 3.00. The van der Waals surface area contributed by atoms with Gasteiger partial charge in [-0.2, -0.15) is 0 Å². The summed E-state index contributed by atoms with van der Waals surface area (Å²) < 4.78 is 1.64. The van der Waals surface area contributed by atoms with Crippen molar-refractivity contribution < 1.29 is 9.90 Å². The van der Waals surface area contributed by atoms with Gasteiger partial charge in [-0.15, -0.1) is 5.10 Å². The molecule has 6 nitrogen and oxygen atoms in total. The van der Waals surface area contributed by atoms with Crippen LogP contribution in [-0.4, -0.2) is 32.6 Å². The van der Waals surface area contributed by atoms with Crippen LogP contribution in [-0.2, 0) is 18.4 Å². The minimum Gasteiger partial charge on any atom is -0.481 e. The Hall–Kier alpha value is -2.37. The van der Waals surface area contributed by atoms with Crippen LogP contribution in [0.4, 0.5) is 5.69 Å². The average molecular weight is 274 g/mol. The molecule has 0 fully saturated rings.